The summed E-state index contributed by atoms with van der Waals surface area (Å²) in [7, 11) is 0. The molecule has 0 saturated carbocycles. The van der Waals surface area contributed by atoms with Crippen LogP contribution in [0.15, 0.2) is 53.0 Å². The minimum Gasteiger partial charge on any atom is -0.508 e. The van der Waals surface area contributed by atoms with Gasteiger partial charge in [0.1, 0.15) is 24.2 Å². The fourth-order valence-corrected chi connectivity index (χ4v) is 2.08. The van der Waals surface area contributed by atoms with Gasteiger partial charge in [0.15, 0.2) is 0 Å². The number of nitrogens with one attached hydrogen (secondary N) is 1. The number of aliphatic hydroxyl groups is 1. The Hall–Kier alpha value is -1.56. The zero-order valence-electron chi connectivity index (χ0n) is 11.5. The second-order valence-corrected chi connectivity index (χ2v) is 5.59. The maximum absolute atomic E-state index is 9.85. The highest BCUT2D eigenvalue weighted by molar-refractivity contribution is 9.10. The van der Waals surface area contributed by atoms with E-state index in [1.807, 2.05) is 36.4 Å². The first-order chi connectivity index (χ1) is 10.1. The Kier molecular flexibility index (Phi) is 6.04. The van der Waals surface area contributed by atoms with Crippen LogP contribution >= 0.6 is 15.9 Å². The number of hydrogen-bond acceptors (Lipinski definition) is 4. The molecule has 4 nitrogen and oxygen atoms in total. The molecule has 21 heavy (non-hydrogen) atoms. The van der Waals surface area contributed by atoms with Gasteiger partial charge in [0, 0.05) is 23.1 Å². The molecule has 0 aliphatic heterocycles. The molecule has 0 radical (unpaired) electrons. The zero-order valence-corrected chi connectivity index (χ0v) is 13.1. The molecule has 0 bridgehead atoms. The van der Waals surface area contributed by atoms with E-state index < -0.39 is 6.10 Å². The fraction of sp³-hybridized carbons (Fsp3) is 0.250. The third-order valence-electron chi connectivity index (χ3n) is 2.94. The maximum Gasteiger partial charge on any atom is 0.120 e. The van der Waals surface area contributed by atoms with Crippen LogP contribution in [0.4, 0.5) is 0 Å². The molecule has 0 fully saturated rings. The third kappa shape index (κ3) is 5.38. The molecule has 0 heterocycles. The lowest BCUT2D eigenvalue weighted by Gasteiger charge is -2.13. The summed E-state index contributed by atoms with van der Waals surface area (Å²) in [5, 5.41) is 22.6. The summed E-state index contributed by atoms with van der Waals surface area (Å²) in [6, 6.07) is 14.6. The highest BCUT2D eigenvalue weighted by Crippen LogP contribution is 2.16. The van der Waals surface area contributed by atoms with Gasteiger partial charge >= 0.3 is 0 Å². The average molecular weight is 352 g/mol. The SMILES string of the molecule is Oc1ccccc1CNCC(O)COc1ccc(Br)cc1. The number of aliphatic hydroxyl groups excluding tert-OH is 1. The van der Waals surface area contributed by atoms with Crippen LogP contribution in [-0.4, -0.2) is 29.5 Å². The molecule has 2 aromatic rings. The van der Waals surface area contributed by atoms with Gasteiger partial charge in [-0.1, -0.05) is 34.1 Å². The van der Waals surface area contributed by atoms with E-state index in [-0.39, 0.29) is 12.4 Å². The Balaban J connectivity index is 1.69. The van der Waals surface area contributed by atoms with Gasteiger partial charge in [-0.15, -0.1) is 0 Å². The van der Waals surface area contributed by atoms with E-state index in [1.165, 1.54) is 0 Å². The summed E-state index contributed by atoms with van der Waals surface area (Å²) >= 11 is 3.35. The van der Waals surface area contributed by atoms with Crippen LogP contribution in [0, 0.1) is 0 Å². The van der Waals surface area contributed by atoms with Gasteiger partial charge in [0.05, 0.1) is 0 Å². The van der Waals surface area contributed by atoms with Crippen molar-refractivity contribution in [1.82, 2.24) is 5.32 Å². The van der Waals surface area contributed by atoms with Crippen molar-refractivity contribution in [2.45, 2.75) is 12.6 Å². The molecule has 1 atom stereocenters. The molecule has 2 aromatic carbocycles. The highest BCUT2D eigenvalue weighted by atomic mass is 79.9. The molecule has 2 rings (SSSR count). The highest BCUT2D eigenvalue weighted by Gasteiger charge is 2.06. The first-order valence-electron chi connectivity index (χ1n) is 6.69. The van der Waals surface area contributed by atoms with Crippen molar-refractivity contribution in [3.8, 4) is 11.5 Å². The van der Waals surface area contributed by atoms with Crippen LogP contribution in [0.25, 0.3) is 0 Å². The van der Waals surface area contributed by atoms with E-state index in [0.717, 1.165) is 15.8 Å². The largest absolute Gasteiger partial charge is 0.508 e. The standard InChI is InChI=1S/C16H18BrNO3/c17-13-5-7-15(8-6-13)21-11-14(19)10-18-9-12-3-1-2-4-16(12)20/h1-8,14,18-20H,9-11H2. The van der Waals surface area contributed by atoms with Crippen LogP contribution in [0.2, 0.25) is 0 Å². The number of para-hydroxylation sites is 1. The van der Waals surface area contributed by atoms with E-state index in [9.17, 15) is 10.2 Å². The van der Waals surface area contributed by atoms with Gasteiger partial charge in [-0.05, 0) is 30.3 Å². The number of aromatic hydroxyl groups is 1. The minimum absolute atomic E-state index is 0.218. The summed E-state index contributed by atoms with van der Waals surface area (Å²) < 4.78 is 6.47. The molecule has 3 N–H and O–H groups in total. The summed E-state index contributed by atoms with van der Waals surface area (Å²) in [6.07, 6.45) is -0.612. The lowest BCUT2D eigenvalue weighted by atomic mass is 10.2. The molecule has 0 spiro atoms. The summed E-state index contributed by atoms with van der Waals surface area (Å²) in [4.78, 5) is 0. The lowest BCUT2D eigenvalue weighted by molar-refractivity contribution is 0.106. The molecule has 0 saturated heterocycles. The van der Waals surface area contributed by atoms with Crippen LogP contribution in [0.3, 0.4) is 0 Å². The molecule has 1 unspecified atom stereocenters. The molecule has 112 valence electrons. The van der Waals surface area contributed by atoms with Gasteiger partial charge in [0.2, 0.25) is 0 Å². The van der Waals surface area contributed by atoms with Crippen molar-refractivity contribution in [2.24, 2.45) is 0 Å². The second kappa shape index (κ2) is 8.02. The molecule has 0 aliphatic carbocycles. The van der Waals surface area contributed by atoms with Crippen LogP contribution < -0.4 is 10.1 Å². The van der Waals surface area contributed by atoms with Crippen molar-refractivity contribution < 1.29 is 14.9 Å². The van der Waals surface area contributed by atoms with Crippen molar-refractivity contribution in [3.05, 3.63) is 58.6 Å². The average Bonchev–Trinajstić information content (AvgIpc) is 2.49. The zero-order chi connectivity index (χ0) is 15.1. The van der Waals surface area contributed by atoms with Crippen LogP contribution in [0.5, 0.6) is 11.5 Å². The summed E-state index contributed by atoms with van der Waals surface area (Å²) in [5.74, 6) is 0.976. The van der Waals surface area contributed by atoms with Crippen LogP contribution in [-0.2, 0) is 6.54 Å². The first kappa shape index (κ1) is 15.8. The normalized spacial score (nSPS) is 12.1. The maximum atomic E-state index is 9.85. The van der Waals surface area contributed by atoms with Crippen molar-refractivity contribution >= 4 is 15.9 Å². The van der Waals surface area contributed by atoms with Crippen LogP contribution in [0.1, 0.15) is 5.56 Å². The monoisotopic (exact) mass is 351 g/mol. The topological polar surface area (TPSA) is 61.7 Å². The molecular weight excluding hydrogens is 334 g/mol. The number of rotatable bonds is 7. The Morgan fingerprint density at radius 2 is 1.81 bits per heavy atom. The molecule has 0 aliphatic rings. The first-order valence-corrected chi connectivity index (χ1v) is 7.48. The van der Waals surface area contributed by atoms with Gasteiger partial charge < -0.3 is 20.3 Å². The second-order valence-electron chi connectivity index (χ2n) is 4.68. The number of halogens is 1. The number of ether oxygens (including phenoxy) is 1. The number of phenolic OH excluding ortho intramolecular Hbond substituents is 1. The predicted molar refractivity (Wildman–Crippen MR) is 85.5 cm³/mol. The molecule has 0 amide bonds. The number of benzene rings is 2. The molecular formula is C16H18BrNO3. The van der Waals surface area contributed by atoms with E-state index in [2.05, 4.69) is 21.2 Å². The molecule has 0 aromatic heterocycles. The quantitative estimate of drug-likeness (QED) is 0.717. The summed E-state index contributed by atoms with van der Waals surface area (Å²) in [5.41, 5.74) is 0.804. The molecule has 5 heteroatoms. The van der Waals surface area contributed by atoms with Gasteiger partial charge in [-0.2, -0.15) is 0 Å². The van der Waals surface area contributed by atoms with E-state index >= 15 is 0 Å². The van der Waals surface area contributed by atoms with Gasteiger partial charge in [0.25, 0.3) is 0 Å². The fourth-order valence-electron chi connectivity index (χ4n) is 1.82. The van der Waals surface area contributed by atoms with Gasteiger partial charge in [-0.25, -0.2) is 0 Å². The summed E-state index contributed by atoms with van der Waals surface area (Å²) in [6.45, 7) is 1.11. The minimum atomic E-state index is -0.612. The predicted octanol–water partition coefficient (Wildman–Crippen LogP) is 2.68. The Morgan fingerprint density at radius 1 is 1.10 bits per heavy atom. The number of hydrogen-bond donors (Lipinski definition) is 3. The van der Waals surface area contributed by atoms with E-state index in [4.69, 9.17) is 4.74 Å². The Labute approximate surface area is 132 Å². The van der Waals surface area contributed by atoms with Crippen molar-refractivity contribution in [3.63, 3.8) is 0 Å². The lowest BCUT2D eigenvalue weighted by Crippen LogP contribution is -2.31. The number of phenols is 1. The van der Waals surface area contributed by atoms with Crippen molar-refractivity contribution in [1.29, 1.82) is 0 Å². The van der Waals surface area contributed by atoms with Crippen molar-refractivity contribution in [2.75, 3.05) is 13.2 Å². The Bertz CT molecular complexity index is 560. The van der Waals surface area contributed by atoms with E-state index in [1.54, 1.807) is 12.1 Å². The van der Waals surface area contributed by atoms with E-state index in [0.29, 0.717) is 13.1 Å². The third-order valence-corrected chi connectivity index (χ3v) is 3.47. The Morgan fingerprint density at radius 3 is 2.52 bits per heavy atom. The van der Waals surface area contributed by atoms with Gasteiger partial charge in [-0.3, -0.25) is 0 Å². The smallest absolute Gasteiger partial charge is 0.120 e.